The van der Waals surface area contributed by atoms with E-state index in [2.05, 4.69) is 20.5 Å². The van der Waals surface area contributed by atoms with Crippen molar-refractivity contribution < 1.29 is 13.2 Å². The molecular weight excluding hydrogens is 422 g/mol. The summed E-state index contributed by atoms with van der Waals surface area (Å²) in [5.74, 6) is 0.432. The van der Waals surface area contributed by atoms with E-state index in [0.29, 0.717) is 10.8 Å². The summed E-state index contributed by atoms with van der Waals surface area (Å²) in [6.45, 7) is 7.76. The van der Waals surface area contributed by atoms with E-state index in [-0.39, 0.29) is 21.2 Å². The summed E-state index contributed by atoms with van der Waals surface area (Å²) in [6.07, 6.45) is 0. The van der Waals surface area contributed by atoms with Gasteiger partial charge in [-0.3, -0.25) is 9.89 Å². The van der Waals surface area contributed by atoms with Gasteiger partial charge in [0.15, 0.2) is 0 Å². The second-order valence-corrected chi connectivity index (χ2v) is 11.2. The van der Waals surface area contributed by atoms with Gasteiger partial charge in [0, 0.05) is 25.2 Å². The Labute approximate surface area is 174 Å². The molecule has 28 heavy (non-hydrogen) atoms. The monoisotopic (exact) mass is 445 g/mol. The second kappa shape index (κ2) is 8.40. The Hall–Kier alpha value is -1.62. The van der Waals surface area contributed by atoms with E-state index >= 15 is 0 Å². The van der Waals surface area contributed by atoms with Crippen LogP contribution in [-0.4, -0.2) is 53.2 Å². The maximum Gasteiger partial charge on any atom is 0.244 e. The minimum absolute atomic E-state index is 0.0685. The number of halogens is 1. The molecule has 0 saturated heterocycles. The fraction of sp³-hybridized carbons (Fsp3) is 0.471. The van der Waals surface area contributed by atoms with Crippen LogP contribution >= 0.6 is 23.4 Å². The van der Waals surface area contributed by atoms with Crippen molar-refractivity contribution in [3.05, 3.63) is 29.0 Å². The third kappa shape index (κ3) is 5.25. The molecular formula is C17H24ClN5O3S2. The highest BCUT2D eigenvalue weighted by Crippen LogP contribution is 2.28. The molecule has 2 N–H and O–H groups in total. The first-order valence-electron chi connectivity index (χ1n) is 8.45. The highest BCUT2D eigenvalue weighted by Gasteiger charge is 2.24. The number of rotatable bonds is 6. The van der Waals surface area contributed by atoms with Crippen LogP contribution in [0.4, 0.5) is 5.69 Å². The Morgan fingerprint density at radius 1 is 1.32 bits per heavy atom. The second-order valence-electron chi connectivity index (χ2n) is 7.40. The van der Waals surface area contributed by atoms with Crippen molar-refractivity contribution >= 4 is 45.0 Å². The van der Waals surface area contributed by atoms with Crippen LogP contribution in [0, 0.1) is 0 Å². The van der Waals surface area contributed by atoms with Gasteiger partial charge in [-0.1, -0.05) is 44.1 Å². The molecule has 11 heteroatoms. The first-order valence-corrected chi connectivity index (χ1v) is 11.1. The molecule has 0 bridgehead atoms. The van der Waals surface area contributed by atoms with Crippen LogP contribution in [0.15, 0.2) is 28.3 Å². The maximum atomic E-state index is 12.5. The van der Waals surface area contributed by atoms with Crippen molar-refractivity contribution in [2.45, 2.75) is 48.4 Å². The lowest BCUT2D eigenvalue weighted by Gasteiger charge is -2.15. The van der Waals surface area contributed by atoms with Crippen LogP contribution in [-0.2, 0) is 20.2 Å². The van der Waals surface area contributed by atoms with E-state index < -0.39 is 15.3 Å². The molecule has 1 atom stereocenters. The summed E-state index contributed by atoms with van der Waals surface area (Å²) in [4.78, 5) is 16.8. The molecule has 0 spiro atoms. The number of nitrogens with one attached hydrogen (secondary N) is 2. The van der Waals surface area contributed by atoms with Crippen LogP contribution in [0.2, 0.25) is 5.02 Å². The molecule has 0 fully saturated rings. The topological polar surface area (TPSA) is 108 Å². The number of amides is 1. The van der Waals surface area contributed by atoms with Crippen LogP contribution in [0.5, 0.6) is 0 Å². The summed E-state index contributed by atoms with van der Waals surface area (Å²) in [7, 11) is -0.895. The molecule has 1 amide bonds. The molecule has 1 aromatic carbocycles. The predicted octanol–water partition coefficient (Wildman–Crippen LogP) is 3.13. The first-order chi connectivity index (χ1) is 12.8. The molecule has 0 aliphatic rings. The number of sulfonamides is 1. The van der Waals surface area contributed by atoms with Crippen molar-refractivity contribution in [3.8, 4) is 0 Å². The summed E-state index contributed by atoms with van der Waals surface area (Å²) >= 11 is 7.24. The SMILES string of the molecule is CC(Sc1n[nH]c(C(C)(C)C)n1)C(=O)Nc1ccc(Cl)c(S(=O)(=O)N(C)C)c1. The molecule has 0 aliphatic heterocycles. The van der Waals surface area contributed by atoms with Gasteiger partial charge in [0.2, 0.25) is 21.1 Å². The highest BCUT2D eigenvalue weighted by atomic mass is 35.5. The van der Waals surface area contributed by atoms with E-state index in [4.69, 9.17) is 11.6 Å². The van der Waals surface area contributed by atoms with E-state index in [0.717, 1.165) is 10.1 Å². The van der Waals surface area contributed by atoms with Crippen molar-refractivity contribution in [2.75, 3.05) is 19.4 Å². The van der Waals surface area contributed by atoms with Gasteiger partial charge in [0.1, 0.15) is 10.7 Å². The number of carbonyl (C=O) groups excluding carboxylic acids is 1. The number of hydrogen-bond donors (Lipinski definition) is 2. The highest BCUT2D eigenvalue weighted by molar-refractivity contribution is 8.00. The van der Waals surface area contributed by atoms with Gasteiger partial charge in [-0.25, -0.2) is 17.7 Å². The zero-order valence-electron chi connectivity index (χ0n) is 16.6. The average Bonchev–Trinajstić information content (AvgIpc) is 3.05. The number of aromatic nitrogens is 3. The van der Waals surface area contributed by atoms with Crippen molar-refractivity contribution in [1.82, 2.24) is 19.5 Å². The van der Waals surface area contributed by atoms with Gasteiger partial charge in [0.05, 0.1) is 10.3 Å². The van der Waals surface area contributed by atoms with E-state index in [1.165, 1.54) is 38.0 Å². The number of aromatic amines is 1. The van der Waals surface area contributed by atoms with Gasteiger partial charge in [-0.05, 0) is 25.1 Å². The predicted molar refractivity (Wildman–Crippen MR) is 111 cm³/mol. The Morgan fingerprint density at radius 3 is 2.50 bits per heavy atom. The molecule has 2 rings (SSSR count). The number of carbonyl (C=O) groups is 1. The fourth-order valence-electron chi connectivity index (χ4n) is 2.07. The Kier molecular flexibility index (Phi) is 6.80. The van der Waals surface area contributed by atoms with Crippen molar-refractivity contribution in [3.63, 3.8) is 0 Å². The molecule has 8 nitrogen and oxygen atoms in total. The number of hydrogen-bond acceptors (Lipinski definition) is 6. The summed E-state index contributed by atoms with van der Waals surface area (Å²) in [5.41, 5.74) is 0.169. The normalized spacial score (nSPS) is 13.6. The Bertz CT molecular complexity index is 967. The number of benzene rings is 1. The van der Waals surface area contributed by atoms with Gasteiger partial charge in [-0.2, -0.15) is 0 Å². The molecule has 154 valence electrons. The zero-order valence-corrected chi connectivity index (χ0v) is 19.0. The zero-order chi connectivity index (χ0) is 21.3. The van der Waals surface area contributed by atoms with Gasteiger partial charge >= 0.3 is 0 Å². The summed E-state index contributed by atoms with van der Waals surface area (Å²) in [6, 6.07) is 4.34. The summed E-state index contributed by atoms with van der Waals surface area (Å²) in [5, 5.41) is 9.79. The van der Waals surface area contributed by atoms with Crippen LogP contribution < -0.4 is 5.32 Å². The lowest BCUT2D eigenvalue weighted by Crippen LogP contribution is -2.24. The quantitative estimate of drug-likeness (QED) is 0.661. The fourth-order valence-corrected chi connectivity index (χ4v) is 4.18. The molecule has 0 radical (unpaired) electrons. The average molecular weight is 446 g/mol. The van der Waals surface area contributed by atoms with Gasteiger partial charge in [-0.15, -0.1) is 5.10 Å². The third-order valence-corrected chi connectivity index (χ3v) is 7.04. The number of nitrogens with zero attached hydrogens (tertiary/aromatic N) is 3. The number of H-pyrrole nitrogens is 1. The molecule has 1 aromatic heterocycles. The van der Waals surface area contributed by atoms with Crippen molar-refractivity contribution in [2.24, 2.45) is 0 Å². The lowest BCUT2D eigenvalue weighted by atomic mass is 9.96. The van der Waals surface area contributed by atoms with Crippen LogP contribution in [0.25, 0.3) is 0 Å². The minimum atomic E-state index is -3.73. The standard InChI is InChI=1S/C17H24ClN5O3S2/c1-10(27-16-20-15(21-22-16)17(2,3)4)14(24)19-11-7-8-12(18)13(9-11)28(25,26)23(5)6/h7-10H,1-6H3,(H,19,24)(H,20,21,22). The number of thioether (sulfide) groups is 1. The third-order valence-electron chi connectivity index (χ3n) is 3.78. The van der Waals surface area contributed by atoms with Gasteiger partial charge in [0.25, 0.3) is 0 Å². The maximum absolute atomic E-state index is 12.5. The van der Waals surface area contributed by atoms with E-state index in [9.17, 15) is 13.2 Å². The first kappa shape index (κ1) is 22.7. The van der Waals surface area contributed by atoms with E-state index in [1.54, 1.807) is 13.0 Å². The Balaban J connectivity index is 2.13. The summed E-state index contributed by atoms with van der Waals surface area (Å²) < 4.78 is 25.8. The molecule has 0 aliphatic carbocycles. The number of anilines is 1. The lowest BCUT2D eigenvalue weighted by molar-refractivity contribution is -0.115. The molecule has 0 saturated carbocycles. The molecule has 2 aromatic rings. The molecule has 1 unspecified atom stereocenters. The van der Waals surface area contributed by atoms with Crippen LogP contribution in [0.3, 0.4) is 0 Å². The van der Waals surface area contributed by atoms with Crippen LogP contribution in [0.1, 0.15) is 33.5 Å². The van der Waals surface area contributed by atoms with Crippen molar-refractivity contribution in [1.29, 1.82) is 0 Å². The largest absolute Gasteiger partial charge is 0.325 e. The molecule has 1 heterocycles. The minimum Gasteiger partial charge on any atom is -0.325 e. The smallest absolute Gasteiger partial charge is 0.244 e. The van der Waals surface area contributed by atoms with E-state index in [1.807, 2.05) is 20.8 Å². The Morgan fingerprint density at radius 2 is 1.96 bits per heavy atom. The van der Waals surface area contributed by atoms with Gasteiger partial charge < -0.3 is 5.32 Å².